The SMILES string of the molecule is N#CCCNC(=O)CN(CCO)CC1CCCN1. The van der Waals surface area contributed by atoms with E-state index >= 15 is 0 Å². The Morgan fingerprint density at radius 3 is 3.06 bits per heavy atom. The van der Waals surface area contributed by atoms with Crippen molar-refractivity contribution in [1.29, 1.82) is 5.26 Å². The predicted molar refractivity (Wildman–Crippen MR) is 67.8 cm³/mol. The van der Waals surface area contributed by atoms with Crippen LogP contribution in [0.2, 0.25) is 0 Å². The van der Waals surface area contributed by atoms with Gasteiger partial charge in [0.25, 0.3) is 0 Å². The summed E-state index contributed by atoms with van der Waals surface area (Å²) in [6, 6.07) is 2.40. The monoisotopic (exact) mass is 254 g/mol. The van der Waals surface area contributed by atoms with Crippen LogP contribution in [0, 0.1) is 11.3 Å². The standard InChI is InChI=1S/C12H22N4O2/c13-4-2-6-15-12(18)10-16(7-8-17)9-11-3-1-5-14-11/h11,14,17H,1-3,5-10H2,(H,15,18). The van der Waals surface area contributed by atoms with Crippen molar-refractivity contribution in [3.05, 3.63) is 0 Å². The van der Waals surface area contributed by atoms with E-state index in [0.29, 0.717) is 25.6 Å². The molecule has 0 bridgehead atoms. The average molecular weight is 254 g/mol. The van der Waals surface area contributed by atoms with E-state index in [-0.39, 0.29) is 19.1 Å². The Labute approximate surface area is 108 Å². The number of carbonyl (C=O) groups is 1. The van der Waals surface area contributed by atoms with Gasteiger partial charge in [-0.1, -0.05) is 0 Å². The number of aliphatic hydroxyl groups is 1. The fourth-order valence-corrected chi connectivity index (χ4v) is 2.12. The molecule has 1 rings (SSSR count). The minimum absolute atomic E-state index is 0.0538. The molecule has 0 aliphatic carbocycles. The molecule has 102 valence electrons. The Kier molecular flexibility index (Phi) is 7.34. The first kappa shape index (κ1) is 14.9. The number of nitrogens with one attached hydrogen (secondary N) is 2. The summed E-state index contributed by atoms with van der Waals surface area (Å²) in [6.45, 7) is 3.05. The summed E-state index contributed by atoms with van der Waals surface area (Å²) in [5.41, 5.74) is 0. The maximum Gasteiger partial charge on any atom is 0.234 e. The number of aliphatic hydroxyl groups excluding tert-OH is 1. The number of nitrogens with zero attached hydrogens (tertiary/aromatic N) is 2. The first-order valence-corrected chi connectivity index (χ1v) is 6.46. The molecule has 0 saturated carbocycles. The van der Waals surface area contributed by atoms with Crippen LogP contribution in [0.15, 0.2) is 0 Å². The topological polar surface area (TPSA) is 88.4 Å². The third kappa shape index (κ3) is 5.96. The maximum absolute atomic E-state index is 11.6. The Bertz CT molecular complexity index is 284. The van der Waals surface area contributed by atoms with Crippen molar-refractivity contribution in [3.8, 4) is 6.07 Å². The fraction of sp³-hybridized carbons (Fsp3) is 0.833. The second-order valence-corrected chi connectivity index (χ2v) is 4.51. The van der Waals surface area contributed by atoms with Gasteiger partial charge in [0.15, 0.2) is 0 Å². The van der Waals surface area contributed by atoms with Gasteiger partial charge in [-0.25, -0.2) is 0 Å². The highest BCUT2D eigenvalue weighted by molar-refractivity contribution is 5.78. The summed E-state index contributed by atoms with van der Waals surface area (Å²) in [7, 11) is 0. The van der Waals surface area contributed by atoms with Gasteiger partial charge in [0.2, 0.25) is 5.91 Å². The highest BCUT2D eigenvalue weighted by Gasteiger charge is 2.19. The van der Waals surface area contributed by atoms with Crippen molar-refractivity contribution in [3.63, 3.8) is 0 Å². The molecule has 1 saturated heterocycles. The van der Waals surface area contributed by atoms with Crippen LogP contribution in [0.1, 0.15) is 19.3 Å². The smallest absolute Gasteiger partial charge is 0.234 e. The molecule has 0 aromatic rings. The van der Waals surface area contributed by atoms with E-state index in [1.165, 1.54) is 6.42 Å². The molecule has 1 heterocycles. The van der Waals surface area contributed by atoms with E-state index in [4.69, 9.17) is 10.4 Å². The summed E-state index contributed by atoms with van der Waals surface area (Å²) in [5.74, 6) is -0.0864. The highest BCUT2D eigenvalue weighted by Crippen LogP contribution is 2.06. The van der Waals surface area contributed by atoms with E-state index in [1.807, 2.05) is 11.0 Å². The average Bonchev–Trinajstić information content (AvgIpc) is 2.82. The fourth-order valence-electron chi connectivity index (χ4n) is 2.12. The molecule has 0 aromatic heterocycles. The molecule has 1 amide bonds. The molecule has 18 heavy (non-hydrogen) atoms. The first-order chi connectivity index (χ1) is 8.76. The molecule has 6 nitrogen and oxygen atoms in total. The van der Waals surface area contributed by atoms with Crippen LogP contribution in [0.3, 0.4) is 0 Å². The van der Waals surface area contributed by atoms with Gasteiger partial charge < -0.3 is 15.7 Å². The third-order valence-electron chi connectivity index (χ3n) is 2.98. The molecule has 1 atom stereocenters. The van der Waals surface area contributed by atoms with Crippen LogP contribution in [-0.2, 0) is 4.79 Å². The molecule has 1 unspecified atom stereocenters. The normalized spacial score (nSPS) is 18.8. The quantitative estimate of drug-likeness (QED) is 0.487. The van der Waals surface area contributed by atoms with Crippen LogP contribution in [-0.4, -0.2) is 61.3 Å². The van der Waals surface area contributed by atoms with E-state index in [0.717, 1.165) is 19.5 Å². The number of hydrogen-bond acceptors (Lipinski definition) is 5. The predicted octanol–water partition coefficient (Wildman–Crippen LogP) is -0.937. The van der Waals surface area contributed by atoms with Crippen molar-refractivity contribution >= 4 is 5.91 Å². The Balaban J connectivity index is 2.27. The second kappa shape index (κ2) is 8.86. The molecule has 6 heteroatoms. The van der Waals surface area contributed by atoms with Crippen LogP contribution < -0.4 is 10.6 Å². The van der Waals surface area contributed by atoms with Crippen molar-refractivity contribution in [2.24, 2.45) is 0 Å². The zero-order chi connectivity index (χ0) is 13.2. The molecular formula is C12H22N4O2. The lowest BCUT2D eigenvalue weighted by molar-refractivity contribution is -0.122. The van der Waals surface area contributed by atoms with E-state index < -0.39 is 0 Å². The number of nitriles is 1. The maximum atomic E-state index is 11.6. The molecule has 0 spiro atoms. The zero-order valence-corrected chi connectivity index (χ0v) is 10.7. The number of hydrogen-bond donors (Lipinski definition) is 3. The summed E-state index contributed by atoms with van der Waals surface area (Å²) < 4.78 is 0. The molecule has 0 radical (unpaired) electrons. The van der Waals surface area contributed by atoms with Crippen molar-refractivity contribution in [2.75, 3.05) is 39.3 Å². The number of amides is 1. The van der Waals surface area contributed by atoms with Crippen molar-refractivity contribution in [2.45, 2.75) is 25.3 Å². The van der Waals surface area contributed by atoms with Crippen molar-refractivity contribution < 1.29 is 9.90 Å². The van der Waals surface area contributed by atoms with Gasteiger partial charge >= 0.3 is 0 Å². The molecular weight excluding hydrogens is 232 g/mol. The lowest BCUT2D eigenvalue weighted by Gasteiger charge is -2.24. The van der Waals surface area contributed by atoms with Crippen LogP contribution in [0.25, 0.3) is 0 Å². The van der Waals surface area contributed by atoms with E-state index in [1.54, 1.807) is 0 Å². The summed E-state index contributed by atoms with van der Waals surface area (Å²) in [6.07, 6.45) is 2.62. The van der Waals surface area contributed by atoms with Crippen LogP contribution in [0.4, 0.5) is 0 Å². The third-order valence-corrected chi connectivity index (χ3v) is 2.98. The zero-order valence-electron chi connectivity index (χ0n) is 10.7. The number of carbonyl (C=O) groups excluding carboxylic acids is 1. The lowest BCUT2D eigenvalue weighted by Crippen LogP contribution is -2.44. The first-order valence-electron chi connectivity index (χ1n) is 6.46. The Hall–Kier alpha value is -1.16. The van der Waals surface area contributed by atoms with E-state index in [2.05, 4.69) is 10.6 Å². The molecule has 1 fully saturated rings. The van der Waals surface area contributed by atoms with Crippen molar-refractivity contribution in [1.82, 2.24) is 15.5 Å². The van der Waals surface area contributed by atoms with Crippen LogP contribution in [0.5, 0.6) is 0 Å². The van der Waals surface area contributed by atoms with Gasteiger partial charge in [-0.2, -0.15) is 5.26 Å². The highest BCUT2D eigenvalue weighted by atomic mass is 16.3. The van der Waals surface area contributed by atoms with E-state index in [9.17, 15) is 4.79 Å². The summed E-state index contributed by atoms with van der Waals surface area (Å²) in [4.78, 5) is 13.6. The summed E-state index contributed by atoms with van der Waals surface area (Å²) >= 11 is 0. The minimum atomic E-state index is -0.0864. The molecule has 1 aliphatic heterocycles. The van der Waals surface area contributed by atoms with Gasteiger partial charge in [-0.3, -0.25) is 9.69 Å². The van der Waals surface area contributed by atoms with Gasteiger partial charge in [-0.05, 0) is 19.4 Å². The Morgan fingerprint density at radius 2 is 2.44 bits per heavy atom. The second-order valence-electron chi connectivity index (χ2n) is 4.51. The molecule has 3 N–H and O–H groups in total. The van der Waals surface area contributed by atoms with Gasteiger partial charge in [0.05, 0.1) is 25.6 Å². The minimum Gasteiger partial charge on any atom is -0.395 e. The largest absolute Gasteiger partial charge is 0.395 e. The van der Waals surface area contributed by atoms with Gasteiger partial charge in [0.1, 0.15) is 0 Å². The van der Waals surface area contributed by atoms with Crippen LogP contribution >= 0.6 is 0 Å². The Morgan fingerprint density at radius 1 is 1.61 bits per heavy atom. The lowest BCUT2D eigenvalue weighted by atomic mass is 10.2. The van der Waals surface area contributed by atoms with Gasteiger partial charge in [0, 0.05) is 25.7 Å². The van der Waals surface area contributed by atoms with Gasteiger partial charge in [-0.15, -0.1) is 0 Å². The molecule has 0 aromatic carbocycles. The molecule has 1 aliphatic rings. The number of rotatable bonds is 8. The summed E-state index contributed by atoms with van der Waals surface area (Å²) in [5, 5.41) is 23.4.